The number of hydrogen-bond donors (Lipinski definition) is 1. The van der Waals surface area contributed by atoms with E-state index < -0.39 is 0 Å². The molecule has 4 rings (SSSR count). The van der Waals surface area contributed by atoms with Gasteiger partial charge < -0.3 is 10.6 Å². The second kappa shape index (κ2) is 4.57. The highest BCUT2D eigenvalue weighted by molar-refractivity contribution is 6.10. The number of rotatable bonds is 1. The van der Waals surface area contributed by atoms with Gasteiger partial charge in [0.05, 0.1) is 5.70 Å². The van der Waals surface area contributed by atoms with E-state index in [0.717, 1.165) is 42.8 Å². The molecule has 2 fully saturated rings. The van der Waals surface area contributed by atoms with Gasteiger partial charge in [-0.25, -0.2) is 4.98 Å². The molecule has 0 radical (unpaired) electrons. The Morgan fingerprint density at radius 1 is 1.27 bits per heavy atom. The van der Waals surface area contributed by atoms with Gasteiger partial charge in [0.2, 0.25) is 0 Å². The fourth-order valence-corrected chi connectivity index (χ4v) is 3.71. The molecule has 1 aromatic heterocycles. The summed E-state index contributed by atoms with van der Waals surface area (Å²) >= 11 is 0. The number of carbonyl (C=O) groups excluding carboxylic acids is 1. The molecule has 22 heavy (non-hydrogen) atoms. The quantitative estimate of drug-likeness (QED) is 0.855. The predicted molar refractivity (Wildman–Crippen MR) is 82.4 cm³/mol. The first-order chi connectivity index (χ1) is 10.6. The molecule has 0 atom stereocenters. The minimum absolute atomic E-state index is 0.108. The van der Waals surface area contributed by atoms with Gasteiger partial charge in [-0.3, -0.25) is 4.79 Å². The molecule has 112 valence electrons. The van der Waals surface area contributed by atoms with Crippen LogP contribution >= 0.6 is 0 Å². The molecule has 1 saturated carbocycles. The van der Waals surface area contributed by atoms with Gasteiger partial charge in [-0.05, 0) is 42.7 Å². The normalized spacial score (nSPS) is 22.5. The summed E-state index contributed by atoms with van der Waals surface area (Å²) in [6.07, 6.45) is 6.88. The van der Waals surface area contributed by atoms with E-state index >= 15 is 0 Å². The number of nitrogens with two attached hydrogens (primary N) is 1. The molecule has 2 heterocycles. The fourth-order valence-electron chi connectivity index (χ4n) is 3.71. The topological polar surface area (TPSA) is 83.0 Å². The molecule has 0 unspecified atom stereocenters. The number of piperidine rings is 1. The third-order valence-electron chi connectivity index (χ3n) is 5.34. The van der Waals surface area contributed by atoms with Crippen LogP contribution in [0, 0.1) is 16.7 Å². The fraction of sp³-hybridized carbons (Fsp3) is 0.471. The first kappa shape index (κ1) is 13.3. The number of aromatic nitrogens is 1. The molecule has 5 heteroatoms. The maximum Gasteiger partial charge on any atom is 0.179 e. The number of anilines is 1. The Hall–Kier alpha value is -2.35. The van der Waals surface area contributed by atoms with Gasteiger partial charge in [0, 0.05) is 31.3 Å². The van der Waals surface area contributed by atoms with Gasteiger partial charge in [-0.1, -0.05) is 0 Å². The van der Waals surface area contributed by atoms with Crippen LogP contribution in [0.2, 0.25) is 0 Å². The number of Topliss-reactive ketones (excluding diaryl/α,β-unsaturated/α-hetero) is 1. The molecule has 1 aromatic rings. The van der Waals surface area contributed by atoms with Crippen molar-refractivity contribution in [3.63, 3.8) is 0 Å². The third-order valence-corrected chi connectivity index (χ3v) is 5.34. The molecule has 1 aliphatic heterocycles. The number of carbonyl (C=O) groups is 1. The molecule has 5 nitrogen and oxygen atoms in total. The Labute approximate surface area is 129 Å². The minimum Gasteiger partial charge on any atom is -0.384 e. The maximum atomic E-state index is 12.3. The number of fused-ring (bicyclic) bond motifs is 1. The molecule has 2 aliphatic carbocycles. The van der Waals surface area contributed by atoms with Crippen LogP contribution in [0.1, 0.15) is 36.8 Å². The van der Waals surface area contributed by atoms with Crippen molar-refractivity contribution in [3.8, 4) is 6.07 Å². The summed E-state index contributed by atoms with van der Waals surface area (Å²) in [4.78, 5) is 18.6. The molecule has 0 aromatic carbocycles. The van der Waals surface area contributed by atoms with E-state index in [4.69, 9.17) is 5.73 Å². The van der Waals surface area contributed by atoms with Crippen LogP contribution in [0.5, 0.6) is 0 Å². The molecular weight excluding hydrogens is 276 g/mol. The van der Waals surface area contributed by atoms with Gasteiger partial charge in [0.1, 0.15) is 17.5 Å². The number of allylic oxidation sites excluding steroid dienone is 1. The smallest absolute Gasteiger partial charge is 0.179 e. The number of nitrogens with zero attached hydrogens (tertiary/aromatic N) is 3. The summed E-state index contributed by atoms with van der Waals surface area (Å²) in [6.45, 7) is 1.82. The van der Waals surface area contributed by atoms with E-state index in [1.165, 1.54) is 12.8 Å². The molecular formula is C17H18N4O. The van der Waals surface area contributed by atoms with Crippen LogP contribution in [0.15, 0.2) is 17.8 Å². The second-order valence-corrected chi connectivity index (χ2v) is 6.69. The average molecular weight is 294 g/mol. The highest BCUT2D eigenvalue weighted by atomic mass is 16.1. The molecule has 3 aliphatic rings. The average Bonchev–Trinajstić information content (AvgIpc) is 3.27. The number of ketones is 1. The lowest BCUT2D eigenvalue weighted by Crippen LogP contribution is -2.36. The summed E-state index contributed by atoms with van der Waals surface area (Å²) < 4.78 is 0. The second-order valence-electron chi connectivity index (χ2n) is 6.69. The standard InChI is InChI=1S/C17H18N4O/c18-9-13-14(22)7-11-10-20-15(19)8-12(11)16(13)21-5-3-17(1-2-17)4-6-21/h8,10H,1-7H2,(H2,19,20). The number of hydrogen-bond acceptors (Lipinski definition) is 5. The van der Waals surface area contributed by atoms with Gasteiger partial charge in [-0.2, -0.15) is 5.26 Å². The number of nitrogen functional groups attached to an aromatic ring is 1. The van der Waals surface area contributed by atoms with Gasteiger partial charge in [-0.15, -0.1) is 0 Å². The first-order valence-corrected chi connectivity index (χ1v) is 7.79. The zero-order chi connectivity index (χ0) is 15.3. The first-order valence-electron chi connectivity index (χ1n) is 7.79. The van der Waals surface area contributed by atoms with Crippen LogP contribution in [-0.4, -0.2) is 28.8 Å². The number of likely N-dealkylation sites (tertiary alicyclic amines) is 1. The van der Waals surface area contributed by atoms with E-state index in [1.807, 2.05) is 0 Å². The monoisotopic (exact) mass is 294 g/mol. The molecule has 1 spiro atoms. The van der Waals surface area contributed by atoms with Gasteiger partial charge in [0.25, 0.3) is 0 Å². The third kappa shape index (κ3) is 1.98. The van der Waals surface area contributed by atoms with Gasteiger partial charge >= 0.3 is 0 Å². The highest BCUT2D eigenvalue weighted by Crippen LogP contribution is 2.54. The van der Waals surface area contributed by atoms with Crippen molar-refractivity contribution >= 4 is 17.3 Å². The summed E-state index contributed by atoms with van der Waals surface area (Å²) in [5.74, 6) is 0.321. The Kier molecular flexibility index (Phi) is 2.77. The van der Waals surface area contributed by atoms with Crippen molar-refractivity contribution in [2.45, 2.75) is 32.1 Å². The van der Waals surface area contributed by atoms with Crippen molar-refractivity contribution in [3.05, 3.63) is 29.0 Å². The van der Waals surface area contributed by atoms with E-state index in [-0.39, 0.29) is 17.8 Å². The van der Waals surface area contributed by atoms with E-state index in [1.54, 1.807) is 12.3 Å². The number of pyridine rings is 1. The zero-order valence-corrected chi connectivity index (χ0v) is 12.4. The van der Waals surface area contributed by atoms with Crippen molar-refractivity contribution in [2.75, 3.05) is 18.8 Å². The summed E-state index contributed by atoms with van der Waals surface area (Å²) in [5.41, 5.74) is 9.23. The Balaban J connectivity index is 1.78. The molecule has 0 amide bonds. The zero-order valence-electron chi connectivity index (χ0n) is 12.4. The van der Waals surface area contributed by atoms with Crippen LogP contribution in [0.25, 0.3) is 5.70 Å². The number of nitriles is 1. The molecule has 0 bridgehead atoms. The minimum atomic E-state index is -0.108. The van der Waals surface area contributed by atoms with Crippen molar-refractivity contribution in [2.24, 2.45) is 5.41 Å². The molecule has 1 saturated heterocycles. The summed E-state index contributed by atoms with van der Waals surface area (Å²) in [7, 11) is 0. The largest absolute Gasteiger partial charge is 0.384 e. The van der Waals surface area contributed by atoms with E-state index in [2.05, 4.69) is 16.0 Å². The van der Waals surface area contributed by atoms with Crippen LogP contribution in [-0.2, 0) is 11.2 Å². The van der Waals surface area contributed by atoms with E-state index in [0.29, 0.717) is 11.2 Å². The van der Waals surface area contributed by atoms with Crippen molar-refractivity contribution in [1.82, 2.24) is 9.88 Å². The van der Waals surface area contributed by atoms with Crippen LogP contribution < -0.4 is 5.73 Å². The van der Waals surface area contributed by atoms with Crippen LogP contribution in [0.3, 0.4) is 0 Å². The Morgan fingerprint density at radius 2 is 2.00 bits per heavy atom. The predicted octanol–water partition coefficient (Wildman–Crippen LogP) is 1.90. The lowest BCUT2D eigenvalue weighted by Gasteiger charge is -2.37. The maximum absolute atomic E-state index is 12.3. The Morgan fingerprint density at radius 3 is 2.64 bits per heavy atom. The van der Waals surface area contributed by atoms with Gasteiger partial charge in [0.15, 0.2) is 5.78 Å². The van der Waals surface area contributed by atoms with Crippen molar-refractivity contribution in [1.29, 1.82) is 5.26 Å². The van der Waals surface area contributed by atoms with Crippen LogP contribution in [0.4, 0.5) is 5.82 Å². The lowest BCUT2D eigenvalue weighted by atomic mass is 9.86. The SMILES string of the molecule is N#CC1=C(N2CCC3(CC2)CC3)c2cc(N)ncc2CC1=O. The van der Waals surface area contributed by atoms with E-state index in [9.17, 15) is 10.1 Å². The summed E-state index contributed by atoms with van der Waals surface area (Å²) in [6, 6.07) is 3.93. The lowest BCUT2D eigenvalue weighted by molar-refractivity contribution is -0.114. The Bertz CT molecular complexity index is 730. The summed E-state index contributed by atoms with van der Waals surface area (Å²) in [5, 5.41) is 9.47. The van der Waals surface area contributed by atoms with Crippen molar-refractivity contribution < 1.29 is 4.79 Å². The molecule has 2 N–H and O–H groups in total. The highest BCUT2D eigenvalue weighted by Gasteiger charge is 2.45.